The topological polar surface area (TPSA) is 75.7 Å². The van der Waals surface area contributed by atoms with Crippen molar-refractivity contribution in [2.45, 2.75) is 19.8 Å². The third-order valence-corrected chi connectivity index (χ3v) is 4.06. The van der Waals surface area contributed by atoms with E-state index in [4.69, 9.17) is 16.3 Å². The Kier molecular flexibility index (Phi) is 6.14. The van der Waals surface area contributed by atoms with Crippen molar-refractivity contribution in [2.24, 2.45) is 5.92 Å². The Labute approximate surface area is 143 Å². The number of esters is 1. The highest BCUT2D eigenvalue weighted by molar-refractivity contribution is 6.39. The van der Waals surface area contributed by atoms with Gasteiger partial charge in [-0.1, -0.05) is 11.6 Å². The van der Waals surface area contributed by atoms with Crippen LogP contribution in [0.1, 0.15) is 19.8 Å². The maximum absolute atomic E-state index is 13.1. The molecule has 0 unspecified atom stereocenters. The van der Waals surface area contributed by atoms with E-state index in [1.54, 1.807) is 6.92 Å². The predicted octanol–water partition coefficient (Wildman–Crippen LogP) is 2.22. The summed E-state index contributed by atoms with van der Waals surface area (Å²) in [5.74, 6) is -2.64. The predicted molar refractivity (Wildman–Crippen MR) is 86.0 cm³/mol. The van der Waals surface area contributed by atoms with E-state index in [2.05, 4.69) is 5.32 Å². The molecule has 0 spiro atoms. The van der Waals surface area contributed by atoms with Crippen LogP contribution < -0.4 is 5.32 Å². The monoisotopic (exact) mass is 356 g/mol. The molecule has 1 N–H and O–H groups in total. The summed E-state index contributed by atoms with van der Waals surface area (Å²) in [7, 11) is 0. The lowest BCUT2D eigenvalue weighted by molar-refractivity contribution is -0.152. The molecule has 0 radical (unpaired) electrons. The first-order chi connectivity index (χ1) is 11.4. The van der Waals surface area contributed by atoms with Crippen molar-refractivity contribution in [3.8, 4) is 0 Å². The van der Waals surface area contributed by atoms with Crippen LogP contribution in [0.2, 0.25) is 5.02 Å². The Bertz CT molecular complexity index is 645. The number of nitrogens with zero attached hydrogens (tertiary/aromatic N) is 1. The van der Waals surface area contributed by atoms with Gasteiger partial charge in [0, 0.05) is 18.8 Å². The van der Waals surface area contributed by atoms with Gasteiger partial charge >= 0.3 is 17.8 Å². The molecule has 2 rings (SSSR count). The molecule has 0 aromatic heterocycles. The molecule has 0 saturated carbocycles. The van der Waals surface area contributed by atoms with Gasteiger partial charge in [0.05, 0.1) is 17.5 Å². The smallest absolute Gasteiger partial charge is 0.313 e. The molecular formula is C16H18ClFN2O4. The normalized spacial score (nSPS) is 15.0. The average Bonchev–Trinajstić information content (AvgIpc) is 2.58. The lowest BCUT2D eigenvalue weighted by Crippen LogP contribution is -2.45. The molecule has 24 heavy (non-hydrogen) atoms. The fraction of sp³-hybridized carbons (Fsp3) is 0.438. The van der Waals surface area contributed by atoms with Crippen LogP contribution in [-0.4, -0.2) is 42.4 Å². The van der Waals surface area contributed by atoms with Crippen molar-refractivity contribution in [1.29, 1.82) is 0 Å². The van der Waals surface area contributed by atoms with Gasteiger partial charge in [-0.2, -0.15) is 0 Å². The van der Waals surface area contributed by atoms with Gasteiger partial charge in [-0.15, -0.1) is 0 Å². The SMILES string of the molecule is CCOC(=O)C1CCN(C(=O)C(=O)Nc2ccc(F)c(Cl)c2)CC1. The second-order valence-corrected chi connectivity index (χ2v) is 5.81. The standard InChI is InChI=1S/C16H18ClFN2O4/c1-2-24-16(23)10-5-7-20(8-6-10)15(22)14(21)19-11-3-4-13(18)12(17)9-11/h3-4,9-10H,2,5-8H2,1H3,(H,19,21). The van der Waals surface area contributed by atoms with E-state index in [1.165, 1.54) is 17.0 Å². The zero-order chi connectivity index (χ0) is 17.7. The molecule has 1 aromatic rings. The molecule has 130 valence electrons. The number of likely N-dealkylation sites (tertiary alicyclic amines) is 1. The van der Waals surface area contributed by atoms with Gasteiger partial charge in [0.2, 0.25) is 0 Å². The van der Waals surface area contributed by atoms with E-state index in [1.807, 2.05) is 0 Å². The molecule has 1 saturated heterocycles. The van der Waals surface area contributed by atoms with Crippen molar-refractivity contribution in [3.63, 3.8) is 0 Å². The summed E-state index contributed by atoms with van der Waals surface area (Å²) in [5.41, 5.74) is 0.237. The highest BCUT2D eigenvalue weighted by atomic mass is 35.5. The van der Waals surface area contributed by atoms with Crippen molar-refractivity contribution in [2.75, 3.05) is 25.0 Å². The second kappa shape index (κ2) is 8.10. The fourth-order valence-corrected chi connectivity index (χ4v) is 2.66. The zero-order valence-corrected chi connectivity index (χ0v) is 13.9. The number of ether oxygens (including phenoxy) is 1. The van der Waals surface area contributed by atoms with Crippen LogP contribution in [0.15, 0.2) is 18.2 Å². The molecular weight excluding hydrogens is 339 g/mol. The molecule has 1 heterocycles. The molecule has 0 bridgehead atoms. The van der Waals surface area contributed by atoms with E-state index in [9.17, 15) is 18.8 Å². The minimum Gasteiger partial charge on any atom is -0.466 e. The molecule has 1 aliphatic rings. The summed E-state index contributed by atoms with van der Waals surface area (Å²) in [6.07, 6.45) is 0.917. The summed E-state index contributed by atoms with van der Waals surface area (Å²) in [6, 6.07) is 3.65. The largest absolute Gasteiger partial charge is 0.466 e. The quantitative estimate of drug-likeness (QED) is 0.665. The molecule has 1 aliphatic heterocycles. The summed E-state index contributed by atoms with van der Waals surface area (Å²) in [6.45, 7) is 2.67. The molecule has 8 heteroatoms. The molecule has 0 aliphatic carbocycles. The lowest BCUT2D eigenvalue weighted by atomic mass is 9.97. The van der Waals surface area contributed by atoms with Crippen LogP contribution >= 0.6 is 11.6 Å². The van der Waals surface area contributed by atoms with Gasteiger partial charge in [0.15, 0.2) is 0 Å². The number of hydrogen-bond donors (Lipinski definition) is 1. The Morgan fingerprint density at radius 3 is 2.58 bits per heavy atom. The van der Waals surface area contributed by atoms with Crippen LogP contribution in [0.5, 0.6) is 0 Å². The Morgan fingerprint density at radius 2 is 2.00 bits per heavy atom. The Morgan fingerprint density at radius 1 is 1.33 bits per heavy atom. The number of benzene rings is 1. The first kappa shape index (κ1) is 18.2. The van der Waals surface area contributed by atoms with Gasteiger partial charge in [0.1, 0.15) is 5.82 Å². The highest BCUT2D eigenvalue weighted by Crippen LogP contribution is 2.21. The van der Waals surface area contributed by atoms with E-state index >= 15 is 0 Å². The van der Waals surface area contributed by atoms with Crippen LogP contribution in [0, 0.1) is 11.7 Å². The average molecular weight is 357 g/mol. The minimum absolute atomic E-state index is 0.143. The lowest BCUT2D eigenvalue weighted by Gasteiger charge is -2.30. The number of hydrogen-bond acceptors (Lipinski definition) is 4. The Hall–Kier alpha value is -2.15. The third-order valence-electron chi connectivity index (χ3n) is 3.77. The third kappa shape index (κ3) is 4.44. The van der Waals surface area contributed by atoms with Crippen molar-refractivity contribution < 1.29 is 23.5 Å². The van der Waals surface area contributed by atoms with E-state index < -0.39 is 17.6 Å². The summed E-state index contributed by atoms with van der Waals surface area (Å²) in [4.78, 5) is 37.2. The maximum atomic E-state index is 13.1. The number of carbonyl (C=O) groups excluding carboxylic acids is 3. The van der Waals surface area contributed by atoms with Crippen molar-refractivity contribution >= 4 is 35.1 Å². The first-order valence-electron chi connectivity index (χ1n) is 7.64. The van der Waals surface area contributed by atoms with Gasteiger partial charge in [0.25, 0.3) is 0 Å². The van der Waals surface area contributed by atoms with Gasteiger partial charge in [-0.25, -0.2) is 4.39 Å². The van der Waals surface area contributed by atoms with Crippen LogP contribution in [0.3, 0.4) is 0 Å². The Balaban J connectivity index is 1.89. The van der Waals surface area contributed by atoms with E-state index in [-0.39, 0.29) is 22.6 Å². The second-order valence-electron chi connectivity index (χ2n) is 5.40. The van der Waals surface area contributed by atoms with Crippen LogP contribution in [0.4, 0.5) is 10.1 Å². The molecule has 6 nitrogen and oxygen atoms in total. The van der Waals surface area contributed by atoms with Gasteiger partial charge in [-0.3, -0.25) is 14.4 Å². The van der Waals surface area contributed by atoms with E-state index in [0.717, 1.165) is 6.07 Å². The number of anilines is 1. The number of carbonyl (C=O) groups is 3. The van der Waals surface area contributed by atoms with Crippen LogP contribution in [-0.2, 0) is 19.1 Å². The number of halogens is 2. The molecule has 1 fully saturated rings. The summed E-state index contributed by atoms with van der Waals surface area (Å²) >= 11 is 5.63. The van der Waals surface area contributed by atoms with E-state index in [0.29, 0.717) is 32.5 Å². The highest BCUT2D eigenvalue weighted by Gasteiger charge is 2.30. The number of nitrogens with one attached hydrogen (secondary N) is 1. The zero-order valence-electron chi connectivity index (χ0n) is 13.2. The minimum atomic E-state index is -0.827. The van der Waals surface area contributed by atoms with Crippen molar-refractivity contribution in [3.05, 3.63) is 29.0 Å². The van der Waals surface area contributed by atoms with Crippen molar-refractivity contribution in [1.82, 2.24) is 4.90 Å². The fourth-order valence-electron chi connectivity index (χ4n) is 2.48. The summed E-state index contributed by atoms with van der Waals surface area (Å²) < 4.78 is 18.0. The number of rotatable bonds is 3. The molecule has 0 atom stereocenters. The first-order valence-corrected chi connectivity index (χ1v) is 8.02. The summed E-state index contributed by atoms with van der Waals surface area (Å²) in [5, 5.41) is 2.25. The number of amides is 2. The van der Waals surface area contributed by atoms with Gasteiger partial charge in [-0.05, 0) is 38.0 Å². The van der Waals surface area contributed by atoms with Gasteiger partial charge < -0.3 is 15.0 Å². The molecule has 1 aromatic carbocycles. The van der Waals surface area contributed by atoms with Crippen LogP contribution in [0.25, 0.3) is 0 Å². The maximum Gasteiger partial charge on any atom is 0.313 e. The molecule has 2 amide bonds. The number of piperidine rings is 1.